The zero-order valence-electron chi connectivity index (χ0n) is 8.50. The van der Waals surface area contributed by atoms with Crippen LogP contribution in [0.4, 0.5) is 0 Å². The van der Waals surface area contributed by atoms with E-state index in [-0.39, 0.29) is 0 Å². The van der Waals surface area contributed by atoms with Gasteiger partial charge in [0.05, 0.1) is 0 Å². The molecule has 1 aromatic carbocycles. The molecular weight excluding hydrogens is 168 g/mol. The summed E-state index contributed by atoms with van der Waals surface area (Å²) in [5, 5.41) is 0. The minimum atomic E-state index is 1.12. The van der Waals surface area contributed by atoms with Gasteiger partial charge in [-0.05, 0) is 49.3 Å². The van der Waals surface area contributed by atoms with Gasteiger partial charge in [0.1, 0.15) is 0 Å². The first kappa shape index (κ1) is 9.30. The van der Waals surface area contributed by atoms with Crippen molar-refractivity contribution >= 4 is 0 Å². The number of allylic oxidation sites excluding steroid dienone is 1. The highest BCUT2D eigenvalue weighted by atomic mass is 14.1. The van der Waals surface area contributed by atoms with E-state index in [2.05, 4.69) is 42.1 Å². The fourth-order valence-electron chi connectivity index (χ4n) is 1.60. The van der Waals surface area contributed by atoms with Crippen LogP contribution in [-0.2, 0) is 6.42 Å². The summed E-state index contributed by atoms with van der Waals surface area (Å²) in [5.41, 5.74) is 6.31. The SMILES string of the molecule is C(=CCCc1ccccc1)=C1CCC1. The van der Waals surface area contributed by atoms with E-state index in [0.29, 0.717) is 0 Å². The first-order valence-electron chi connectivity index (χ1n) is 5.42. The zero-order valence-corrected chi connectivity index (χ0v) is 8.50. The van der Waals surface area contributed by atoms with Gasteiger partial charge >= 0.3 is 0 Å². The maximum absolute atomic E-state index is 3.38. The van der Waals surface area contributed by atoms with Gasteiger partial charge in [-0.1, -0.05) is 30.3 Å². The smallest absolute Gasteiger partial charge is 0.0234 e. The Labute approximate surface area is 86.0 Å². The highest BCUT2D eigenvalue weighted by molar-refractivity contribution is 5.15. The molecule has 0 N–H and O–H groups in total. The topological polar surface area (TPSA) is 0 Å². The quantitative estimate of drug-likeness (QED) is 0.625. The Hall–Kier alpha value is -1.26. The van der Waals surface area contributed by atoms with Crippen molar-refractivity contribution in [1.29, 1.82) is 0 Å². The lowest BCUT2D eigenvalue weighted by molar-refractivity contribution is 0.664. The molecule has 0 heterocycles. The second kappa shape index (κ2) is 4.83. The van der Waals surface area contributed by atoms with Gasteiger partial charge in [0.15, 0.2) is 0 Å². The van der Waals surface area contributed by atoms with Gasteiger partial charge in [0.25, 0.3) is 0 Å². The van der Waals surface area contributed by atoms with Crippen molar-refractivity contribution in [2.75, 3.05) is 0 Å². The summed E-state index contributed by atoms with van der Waals surface area (Å²) in [5.74, 6) is 0. The predicted octanol–water partition coefficient (Wildman–Crippen LogP) is 3.88. The highest BCUT2D eigenvalue weighted by Crippen LogP contribution is 2.23. The average molecular weight is 184 g/mol. The normalized spacial score (nSPS) is 14.4. The molecule has 1 aliphatic carbocycles. The monoisotopic (exact) mass is 184 g/mol. The number of benzene rings is 1. The van der Waals surface area contributed by atoms with Gasteiger partial charge in [-0.15, -0.1) is 5.73 Å². The molecule has 0 aliphatic heterocycles. The molecule has 1 fully saturated rings. The Morgan fingerprint density at radius 2 is 1.93 bits per heavy atom. The van der Waals surface area contributed by atoms with Crippen LogP contribution in [0.3, 0.4) is 0 Å². The molecule has 0 amide bonds. The molecule has 1 aliphatic rings. The Balaban J connectivity index is 1.80. The highest BCUT2D eigenvalue weighted by Gasteiger charge is 2.05. The lowest BCUT2D eigenvalue weighted by atomic mass is 9.93. The predicted molar refractivity (Wildman–Crippen MR) is 60.2 cm³/mol. The molecule has 2 rings (SSSR count). The van der Waals surface area contributed by atoms with Crippen molar-refractivity contribution in [2.24, 2.45) is 0 Å². The minimum Gasteiger partial charge on any atom is -0.126 e. The number of hydrogen-bond donors (Lipinski definition) is 0. The fourth-order valence-corrected chi connectivity index (χ4v) is 1.60. The average Bonchev–Trinajstić information content (AvgIpc) is 2.16. The minimum absolute atomic E-state index is 1.12. The number of rotatable bonds is 3. The molecule has 0 unspecified atom stereocenters. The maximum Gasteiger partial charge on any atom is -0.0234 e. The van der Waals surface area contributed by atoms with Crippen molar-refractivity contribution in [3.05, 3.63) is 53.3 Å². The lowest BCUT2D eigenvalue weighted by Gasteiger charge is -2.11. The first-order chi connectivity index (χ1) is 6.95. The van der Waals surface area contributed by atoms with Crippen LogP contribution in [0.25, 0.3) is 0 Å². The summed E-state index contributed by atoms with van der Waals surface area (Å²) in [6.07, 6.45) is 8.38. The van der Waals surface area contributed by atoms with Crippen LogP contribution in [0.1, 0.15) is 31.2 Å². The molecule has 0 aromatic heterocycles. The van der Waals surface area contributed by atoms with Crippen molar-refractivity contribution in [3.63, 3.8) is 0 Å². The summed E-state index contributed by atoms with van der Waals surface area (Å²) in [7, 11) is 0. The zero-order chi connectivity index (χ0) is 9.64. The van der Waals surface area contributed by atoms with Crippen molar-refractivity contribution < 1.29 is 0 Å². The van der Waals surface area contributed by atoms with E-state index in [9.17, 15) is 0 Å². The molecule has 1 saturated carbocycles. The molecule has 0 saturated heterocycles. The van der Waals surface area contributed by atoms with Crippen molar-refractivity contribution in [3.8, 4) is 0 Å². The molecule has 1 aromatic rings. The van der Waals surface area contributed by atoms with Gasteiger partial charge < -0.3 is 0 Å². The number of hydrogen-bond acceptors (Lipinski definition) is 0. The second-order valence-electron chi connectivity index (χ2n) is 3.83. The maximum atomic E-state index is 3.38. The van der Waals surface area contributed by atoms with Crippen LogP contribution in [0, 0.1) is 0 Å². The molecule has 0 heteroatoms. The van der Waals surface area contributed by atoms with Crippen LogP contribution >= 0.6 is 0 Å². The van der Waals surface area contributed by atoms with Crippen LogP contribution in [0.15, 0.2) is 47.7 Å². The van der Waals surface area contributed by atoms with Gasteiger partial charge in [0.2, 0.25) is 0 Å². The van der Waals surface area contributed by atoms with Gasteiger partial charge in [0, 0.05) is 0 Å². The molecule has 0 bridgehead atoms. The van der Waals surface area contributed by atoms with Crippen LogP contribution < -0.4 is 0 Å². The summed E-state index contributed by atoms with van der Waals surface area (Å²) in [6, 6.07) is 10.6. The summed E-state index contributed by atoms with van der Waals surface area (Å²) < 4.78 is 0. The van der Waals surface area contributed by atoms with Crippen molar-refractivity contribution in [2.45, 2.75) is 32.1 Å². The Kier molecular flexibility index (Phi) is 3.21. The molecule has 14 heavy (non-hydrogen) atoms. The molecule has 0 atom stereocenters. The van der Waals surface area contributed by atoms with Crippen LogP contribution in [-0.4, -0.2) is 0 Å². The van der Waals surface area contributed by atoms with Crippen LogP contribution in [0.5, 0.6) is 0 Å². The largest absolute Gasteiger partial charge is 0.126 e. The van der Waals surface area contributed by atoms with E-state index in [1.807, 2.05) is 0 Å². The third-order valence-electron chi connectivity index (χ3n) is 2.68. The molecule has 0 spiro atoms. The van der Waals surface area contributed by atoms with E-state index in [0.717, 1.165) is 12.8 Å². The van der Waals surface area contributed by atoms with E-state index in [4.69, 9.17) is 0 Å². The van der Waals surface area contributed by atoms with E-state index in [1.54, 1.807) is 0 Å². The number of aryl methyl sites for hydroxylation is 1. The summed E-state index contributed by atoms with van der Waals surface area (Å²) in [6.45, 7) is 0. The van der Waals surface area contributed by atoms with E-state index in [1.165, 1.54) is 30.4 Å². The fraction of sp³-hybridized carbons (Fsp3) is 0.357. The molecule has 0 radical (unpaired) electrons. The standard InChI is InChI=1S/C14H16/c1-2-7-13(8-3-1)9-4-5-10-14-11-6-12-14/h1-3,5,7-8H,4,6,9,11-12H2. The Morgan fingerprint density at radius 3 is 2.57 bits per heavy atom. The lowest BCUT2D eigenvalue weighted by Crippen LogP contribution is -1.93. The third kappa shape index (κ3) is 2.61. The van der Waals surface area contributed by atoms with Gasteiger partial charge in [-0.3, -0.25) is 0 Å². The first-order valence-corrected chi connectivity index (χ1v) is 5.42. The molecule has 72 valence electrons. The van der Waals surface area contributed by atoms with Gasteiger partial charge in [-0.25, -0.2) is 0 Å². The summed E-state index contributed by atoms with van der Waals surface area (Å²) in [4.78, 5) is 0. The molecule has 0 nitrogen and oxygen atoms in total. The Bertz CT molecular complexity index is 334. The van der Waals surface area contributed by atoms with Gasteiger partial charge in [-0.2, -0.15) is 0 Å². The summed E-state index contributed by atoms with van der Waals surface area (Å²) >= 11 is 0. The third-order valence-corrected chi connectivity index (χ3v) is 2.68. The van der Waals surface area contributed by atoms with E-state index < -0.39 is 0 Å². The van der Waals surface area contributed by atoms with Crippen LogP contribution in [0.2, 0.25) is 0 Å². The second-order valence-corrected chi connectivity index (χ2v) is 3.83. The Morgan fingerprint density at radius 1 is 1.14 bits per heavy atom. The van der Waals surface area contributed by atoms with Crippen molar-refractivity contribution in [1.82, 2.24) is 0 Å². The molecular formula is C14H16. The van der Waals surface area contributed by atoms with E-state index >= 15 is 0 Å².